The van der Waals surface area contributed by atoms with Crippen molar-refractivity contribution in [2.24, 2.45) is 16.8 Å². The molecule has 2 aliphatic heterocycles. The van der Waals surface area contributed by atoms with Gasteiger partial charge in [0.25, 0.3) is 0 Å². The summed E-state index contributed by atoms with van der Waals surface area (Å²) in [5.41, 5.74) is 0.272. The maximum atomic E-state index is 12.7. The van der Waals surface area contributed by atoms with E-state index in [0.717, 1.165) is 0 Å². The lowest BCUT2D eigenvalue weighted by Crippen LogP contribution is -2.40. The molecule has 1 saturated heterocycles. The molecule has 7 atom stereocenters. The van der Waals surface area contributed by atoms with Crippen LogP contribution in [0.25, 0.3) is 0 Å². The first-order chi connectivity index (χ1) is 16.0. The minimum absolute atomic E-state index is 0.0488. The second-order valence-corrected chi connectivity index (χ2v) is 9.97. The average molecular weight is 494 g/mol. The molecule has 1 fully saturated rings. The molecule has 0 radical (unpaired) electrons. The number of nitrogens with one attached hydrogen (secondary N) is 2. The van der Waals surface area contributed by atoms with Gasteiger partial charge in [-0.25, -0.2) is 9.59 Å². The van der Waals surface area contributed by atoms with Crippen LogP contribution >= 0.6 is 11.8 Å². The van der Waals surface area contributed by atoms with Gasteiger partial charge in [0, 0.05) is 17.5 Å². The number of nitrogens with zero attached hydrogens (tertiary/aromatic N) is 1. The zero-order valence-electron chi connectivity index (χ0n) is 18.5. The van der Waals surface area contributed by atoms with Crippen LogP contribution in [0.15, 0.2) is 29.3 Å². The number of benzene rings is 1. The van der Waals surface area contributed by atoms with E-state index in [1.54, 1.807) is 13.0 Å². The van der Waals surface area contributed by atoms with E-state index >= 15 is 0 Å². The highest BCUT2D eigenvalue weighted by atomic mass is 32.2. The predicted molar refractivity (Wildman–Crippen MR) is 124 cm³/mol. The number of carboxylic acid groups (broad SMARTS) is 3. The highest BCUT2D eigenvalue weighted by Gasteiger charge is 2.48. The summed E-state index contributed by atoms with van der Waals surface area (Å²) in [7, 11) is 0. The Balaban J connectivity index is 1.66. The Morgan fingerprint density at radius 1 is 1.18 bits per heavy atom. The topological polar surface area (TPSA) is 186 Å². The Bertz CT molecular complexity index is 1010. The monoisotopic (exact) mass is 493 g/mol. The van der Waals surface area contributed by atoms with Crippen molar-refractivity contribution in [1.82, 2.24) is 5.32 Å². The number of aliphatic hydroxyl groups excluding tert-OH is 1. The van der Waals surface area contributed by atoms with Gasteiger partial charge in [0.15, 0.2) is 0 Å². The molecule has 6 N–H and O–H groups in total. The third-order valence-electron chi connectivity index (χ3n) is 6.09. The molecule has 0 aliphatic carbocycles. The molecule has 1 aromatic carbocycles. The van der Waals surface area contributed by atoms with Gasteiger partial charge in [0.05, 0.1) is 29.0 Å². The van der Waals surface area contributed by atoms with Crippen molar-refractivity contribution in [1.29, 1.82) is 0 Å². The number of carboxylic acids is 3. The third-order valence-corrected chi connectivity index (χ3v) is 7.78. The van der Waals surface area contributed by atoms with Crippen LogP contribution in [0.3, 0.4) is 0 Å². The molecule has 1 amide bonds. The number of anilines is 1. The summed E-state index contributed by atoms with van der Waals surface area (Å²) in [4.78, 5) is 51.4. The quantitative estimate of drug-likeness (QED) is 0.287. The summed E-state index contributed by atoms with van der Waals surface area (Å²) in [6.45, 7) is 3.50. The summed E-state index contributed by atoms with van der Waals surface area (Å²) in [5.74, 6) is -5.59. The summed E-state index contributed by atoms with van der Waals surface area (Å²) >= 11 is 1.33. The van der Waals surface area contributed by atoms with Crippen LogP contribution in [-0.2, 0) is 14.4 Å². The van der Waals surface area contributed by atoms with Crippen LogP contribution in [0.4, 0.5) is 5.69 Å². The predicted octanol–water partition coefficient (Wildman–Crippen LogP) is 0.781. The van der Waals surface area contributed by atoms with Gasteiger partial charge in [-0.3, -0.25) is 14.6 Å². The number of hydrogen-bond donors (Lipinski definition) is 6. The van der Waals surface area contributed by atoms with Crippen LogP contribution in [0.2, 0.25) is 0 Å². The molecule has 3 rings (SSSR count). The molecule has 12 heteroatoms. The number of amides is 1. The molecule has 11 nitrogen and oxygen atoms in total. The minimum Gasteiger partial charge on any atom is -0.481 e. The number of carbonyl (C=O) groups excluding carboxylic acids is 1. The lowest BCUT2D eigenvalue weighted by molar-refractivity contribution is -0.146. The molecule has 2 aliphatic rings. The van der Waals surface area contributed by atoms with Crippen molar-refractivity contribution in [2.75, 3.05) is 11.9 Å². The Labute approximate surface area is 199 Å². The Hall–Kier alpha value is -2.96. The van der Waals surface area contributed by atoms with Gasteiger partial charge in [0.2, 0.25) is 5.91 Å². The molecular formula is C22H27N3O8S. The Morgan fingerprint density at radius 3 is 2.47 bits per heavy atom. The largest absolute Gasteiger partial charge is 0.481 e. The van der Waals surface area contributed by atoms with Crippen molar-refractivity contribution >= 4 is 47.0 Å². The second-order valence-electron chi connectivity index (χ2n) is 8.52. The summed E-state index contributed by atoms with van der Waals surface area (Å²) in [6.07, 6.45) is -0.803. The molecule has 0 saturated carbocycles. The molecule has 0 bridgehead atoms. The fraction of sp³-hybridized carbons (Fsp3) is 0.500. The van der Waals surface area contributed by atoms with Crippen molar-refractivity contribution in [3.63, 3.8) is 0 Å². The average Bonchev–Trinajstić information content (AvgIpc) is 3.34. The molecule has 2 heterocycles. The molecule has 0 spiro atoms. The molecular weight excluding hydrogens is 466 g/mol. The van der Waals surface area contributed by atoms with Crippen LogP contribution in [0, 0.1) is 11.8 Å². The second kappa shape index (κ2) is 10.5. The first-order valence-corrected chi connectivity index (χ1v) is 11.7. The maximum absolute atomic E-state index is 12.7. The van der Waals surface area contributed by atoms with Crippen molar-refractivity contribution < 1.29 is 39.6 Å². The fourth-order valence-electron chi connectivity index (χ4n) is 4.36. The van der Waals surface area contributed by atoms with Crippen molar-refractivity contribution in [3.05, 3.63) is 29.8 Å². The van der Waals surface area contributed by atoms with Crippen LogP contribution in [0.1, 0.15) is 30.6 Å². The van der Waals surface area contributed by atoms with E-state index in [1.807, 2.05) is 0 Å². The highest BCUT2D eigenvalue weighted by molar-refractivity contribution is 8.01. The molecule has 0 aromatic heterocycles. The van der Waals surface area contributed by atoms with Gasteiger partial charge in [-0.2, -0.15) is 0 Å². The lowest BCUT2D eigenvalue weighted by atomic mass is 9.86. The smallest absolute Gasteiger partial charge is 0.350 e. The van der Waals surface area contributed by atoms with Crippen molar-refractivity contribution in [3.8, 4) is 0 Å². The number of aliphatic hydroxyl groups is 1. The normalized spacial score (nSPS) is 28.1. The van der Waals surface area contributed by atoms with Gasteiger partial charge in [0.1, 0.15) is 11.6 Å². The number of aliphatic imine (C=N–C) groups is 1. The number of rotatable bonds is 9. The number of thioether (sulfide) groups is 1. The third kappa shape index (κ3) is 5.57. The van der Waals surface area contributed by atoms with Crippen LogP contribution in [-0.4, -0.2) is 85.2 Å². The summed E-state index contributed by atoms with van der Waals surface area (Å²) in [5, 5.41) is 43.2. The number of hydrogen-bond acceptors (Lipinski definition) is 8. The fourth-order valence-corrected chi connectivity index (χ4v) is 5.97. The maximum Gasteiger partial charge on any atom is 0.350 e. The highest BCUT2D eigenvalue weighted by Crippen LogP contribution is 2.39. The van der Waals surface area contributed by atoms with E-state index < -0.39 is 53.2 Å². The van der Waals surface area contributed by atoms with Crippen LogP contribution < -0.4 is 10.6 Å². The van der Waals surface area contributed by atoms with Gasteiger partial charge in [-0.1, -0.05) is 13.0 Å². The molecule has 1 aromatic rings. The first kappa shape index (κ1) is 25.7. The van der Waals surface area contributed by atoms with E-state index in [2.05, 4.69) is 15.6 Å². The van der Waals surface area contributed by atoms with Gasteiger partial charge in [-0.05, 0) is 37.5 Å². The van der Waals surface area contributed by atoms with E-state index in [1.165, 1.54) is 36.9 Å². The molecule has 34 heavy (non-hydrogen) atoms. The van der Waals surface area contributed by atoms with E-state index in [-0.39, 0.29) is 22.4 Å². The summed E-state index contributed by atoms with van der Waals surface area (Å²) < 4.78 is 0. The zero-order valence-corrected chi connectivity index (χ0v) is 19.4. The van der Waals surface area contributed by atoms with Crippen molar-refractivity contribution in [2.45, 2.75) is 49.0 Å². The van der Waals surface area contributed by atoms with E-state index in [0.29, 0.717) is 18.7 Å². The Morgan fingerprint density at radius 2 is 1.88 bits per heavy atom. The zero-order chi connectivity index (χ0) is 25.2. The minimum atomic E-state index is -1.24. The van der Waals surface area contributed by atoms with Gasteiger partial charge in [-0.15, -0.1) is 11.8 Å². The molecule has 1 unspecified atom stereocenters. The van der Waals surface area contributed by atoms with Gasteiger partial charge < -0.3 is 31.1 Å². The Kier molecular flexibility index (Phi) is 7.95. The van der Waals surface area contributed by atoms with E-state index in [4.69, 9.17) is 5.11 Å². The summed E-state index contributed by atoms with van der Waals surface area (Å²) in [6, 6.07) is 4.45. The lowest BCUT2D eigenvalue weighted by Gasteiger charge is -2.27. The number of aromatic carboxylic acids is 1. The SMILES string of the molecule is C[C@@H](O)[C@@H](C(=O)O)[C@@H]1N=C(C(=O)O)C(S[C@H]2CN[C@H](C(=O)Nc3cccc(C(=O)O)c3)C2)[C@@H]1C. The standard InChI is InChI=1S/C22H27N3O8S/c1-9-16(15(10(2)26)21(30)31)25-17(22(32)33)18(9)34-13-7-14(23-8-13)19(27)24-12-5-3-4-11(6-12)20(28)29/h3-6,9-10,13-16,18,23,26H,7-8H2,1-2H3,(H,24,27)(H,28,29)(H,30,31)(H,32,33)/t9-,10-,13-,14+,15-,16-,18?/m1/s1. The molecule has 184 valence electrons. The van der Waals surface area contributed by atoms with Crippen LogP contribution in [0.5, 0.6) is 0 Å². The van der Waals surface area contributed by atoms with Gasteiger partial charge >= 0.3 is 17.9 Å². The number of aliphatic carboxylic acids is 2. The number of carbonyl (C=O) groups is 4. The van der Waals surface area contributed by atoms with E-state index in [9.17, 15) is 34.5 Å². The first-order valence-electron chi connectivity index (χ1n) is 10.7.